The molecule has 2 aromatic carbocycles. The second kappa shape index (κ2) is 8.54. The number of hydrogen-bond donors (Lipinski definition) is 0. The van der Waals surface area contributed by atoms with Crippen LogP contribution < -0.4 is 0 Å². The van der Waals surface area contributed by atoms with Crippen LogP contribution in [0.1, 0.15) is 44.7 Å². The maximum absolute atomic E-state index is 15.4. The Balaban J connectivity index is 1.87. The summed E-state index contributed by atoms with van der Waals surface area (Å²) < 4.78 is 32.8. The molecule has 4 rings (SSSR count). The van der Waals surface area contributed by atoms with Crippen molar-refractivity contribution in [3.8, 4) is 11.3 Å². The second-order valence-corrected chi connectivity index (χ2v) is 9.62. The lowest BCUT2D eigenvalue weighted by Crippen LogP contribution is -2.48. The van der Waals surface area contributed by atoms with E-state index in [2.05, 4.69) is 67.1 Å². The van der Waals surface area contributed by atoms with Crippen LogP contribution in [0.2, 0.25) is 0 Å². The van der Waals surface area contributed by atoms with Crippen molar-refractivity contribution in [1.29, 1.82) is 0 Å². The van der Waals surface area contributed by atoms with Gasteiger partial charge in [-0.05, 0) is 40.2 Å². The molecular formula is C26H29F2N5. The van der Waals surface area contributed by atoms with Crippen molar-refractivity contribution in [1.82, 2.24) is 24.5 Å². The van der Waals surface area contributed by atoms with E-state index in [4.69, 9.17) is 0 Å². The van der Waals surface area contributed by atoms with Gasteiger partial charge in [0, 0.05) is 24.7 Å². The van der Waals surface area contributed by atoms with E-state index in [1.54, 1.807) is 23.3 Å². The Morgan fingerprint density at radius 2 is 1.70 bits per heavy atom. The highest BCUT2D eigenvalue weighted by Gasteiger charge is 2.50. The Kier molecular flexibility index (Phi) is 5.91. The zero-order valence-corrected chi connectivity index (χ0v) is 19.6. The fourth-order valence-corrected chi connectivity index (χ4v) is 5.05. The van der Waals surface area contributed by atoms with Gasteiger partial charge in [0.2, 0.25) is 0 Å². The minimum absolute atomic E-state index is 0.123. The molecule has 0 bridgehead atoms. The van der Waals surface area contributed by atoms with Gasteiger partial charge in [0.05, 0.1) is 12.2 Å². The highest BCUT2D eigenvalue weighted by molar-refractivity contribution is 5.59. The number of benzene rings is 2. The van der Waals surface area contributed by atoms with E-state index in [0.29, 0.717) is 12.1 Å². The molecule has 4 aromatic rings. The van der Waals surface area contributed by atoms with Crippen LogP contribution in [-0.4, -0.2) is 24.5 Å². The highest BCUT2D eigenvalue weighted by Crippen LogP contribution is 2.53. The summed E-state index contributed by atoms with van der Waals surface area (Å²) in [6.07, 6.45) is 4.88. The van der Waals surface area contributed by atoms with E-state index in [1.807, 2.05) is 17.8 Å². The molecule has 172 valence electrons. The Hall–Kier alpha value is -3.35. The van der Waals surface area contributed by atoms with Gasteiger partial charge < -0.3 is 0 Å². The molecule has 5 nitrogen and oxygen atoms in total. The zero-order chi connectivity index (χ0) is 23.8. The third kappa shape index (κ3) is 4.08. The van der Waals surface area contributed by atoms with Gasteiger partial charge in [-0.15, -0.1) is 0 Å². The molecule has 0 aliphatic heterocycles. The van der Waals surface area contributed by atoms with Gasteiger partial charge in [-0.25, -0.2) is 13.8 Å². The van der Waals surface area contributed by atoms with E-state index in [9.17, 15) is 4.39 Å². The maximum Gasteiger partial charge on any atom is 0.137 e. The first-order valence-corrected chi connectivity index (χ1v) is 11.0. The molecule has 33 heavy (non-hydrogen) atoms. The molecule has 0 N–H and O–H groups in total. The molecule has 2 heterocycles. The first kappa shape index (κ1) is 22.8. The van der Waals surface area contributed by atoms with Crippen LogP contribution in [0.15, 0.2) is 67.4 Å². The zero-order valence-electron chi connectivity index (χ0n) is 19.6. The quantitative estimate of drug-likeness (QED) is 0.377. The van der Waals surface area contributed by atoms with Crippen LogP contribution in [0.5, 0.6) is 0 Å². The molecule has 0 fully saturated rings. The van der Waals surface area contributed by atoms with Gasteiger partial charge in [-0.1, -0.05) is 58.0 Å². The van der Waals surface area contributed by atoms with Crippen molar-refractivity contribution >= 4 is 0 Å². The fraction of sp³-hybridized carbons (Fsp3) is 0.346. The second-order valence-electron chi connectivity index (χ2n) is 9.62. The highest BCUT2D eigenvalue weighted by atomic mass is 19.1. The molecule has 0 spiro atoms. The number of aryl methyl sites for hydroxylation is 1. The summed E-state index contributed by atoms with van der Waals surface area (Å²) >= 11 is 0. The van der Waals surface area contributed by atoms with E-state index in [-0.39, 0.29) is 5.92 Å². The SMILES string of the molecule is CC(c1ccc(-c2ccnn2C)cc1)C(Cn1cncn1)(c1ccc(F)cc1F)C(C)(C)C. The summed E-state index contributed by atoms with van der Waals surface area (Å²) in [5.41, 5.74) is 2.44. The van der Waals surface area contributed by atoms with Gasteiger partial charge >= 0.3 is 0 Å². The number of nitrogens with zero attached hydrogens (tertiary/aromatic N) is 5. The largest absolute Gasteiger partial charge is 0.268 e. The van der Waals surface area contributed by atoms with E-state index in [0.717, 1.165) is 22.9 Å². The van der Waals surface area contributed by atoms with Crippen molar-refractivity contribution in [3.63, 3.8) is 0 Å². The molecule has 0 saturated carbocycles. The lowest BCUT2D eigenvalue weighted by molar-refractivity contribution is 0.115. The third-order valence-corrected chi connectivity index (χ3v) is 6.89. The number of halogens is 2. The summed E-state index contributed by atoms with van der Waals surface area (Å²) in [6.45, 7) is 8.77. The summed E-state index contributed by atoms with van der Waals surface area (Å²) in [7, 11) is 1.91. The van der Waals surface area contributed by atoms with Crippen molar-refractivity contribution < 1.29 is 8.78 Å². The Labute approximate surface area is 193 Å². The molecule has 2 unspecified atom stereocenters. The smallest absolute Gasteiger partial charge is 0.137 e. The number of aromatic nitrogens is 5. The topological polar surface area (TPSA) is 48.5 Å². The fourth-order valence-electron chi connectivity index (χ4n) is 5.05. The van der Waals surface area contributed by atoms with E-state index >= 15 is 4.39 Å². The van der Waals surface area contributed by atoms with Crippen LogP contribution in [0.3, 0.4) is 0 Å². The minimum atomic E-state index is -0.744. The first-order valence-electron chi connectivity index (χ1n) is 11.0. The molecule has 0 aliphatic carbocycles. The van der Waals surface area contributed by atoms with Crippen molar-refractivity contribution in [2.75, 3.05) is 0 Å². The Bertz CT molecular complexity index is 1220. The van der Waals surface area contributed by atoms with Crippen LogP contribution in [0.25, 0.3) is 11.3 Å². The minimum Gasteiger partial charge on any atom is -0.268 e. The molecule has 0 aliphatic rings. The van der Waals surface area contributed by atoms with Gasteiger partial charge in [-0.3, -0.25) is 9.36 Å². The van der Waals surface area contributed by atoms with Gasteiger partial charge in [0.1, 0.15) is 24.3 Å². The number of rotatable bonds is 6. The van der Waals surface area contributed by atoms with Crippen LogP contribution in [0.4, 0.5) is 8.78 Å². The summed E-state index contributed by atoms with van der Waals surface area (Å²) in [5.74, 6) is -1.27. The van der Waals surface area contributed by atoms with Gasteiger partial charge in [0.15, 0.2) is 0 Å². The lowest BCUT2D eigenvalue weighted by Gasteiger charge is -2.50. The summed E-state index contributed by atoms with van der Waals surface area (Å²) in [4.78, 5) is 4.09. The molecule has 0 amide bonds. The lowest BCUT2D eigenvalue weighted by atomic mass is 9.55. The number of hydrogen-bond acceptors (Lipinski definition) is 3. The van der Waals surface area contributed by atoms with Crippen molar-refractivity contribution in [2.24, 2.45) is 12.5 Å². The van der Waals surface area contributed by atoms with Gasteiger partial charge in [-0.2, -0.15) is 10.2 Å². The summed E-state index contributed by atoms with van der Waals surface area (Å²) in [6, 6.07) is 14.1. The average Bonchev–Trinajstić information content (AvgIpc) is 3.43. The Morgan fingerprint density at radius 3 is 2.24 bits per heavy atom. The standard InChI is InChI=1S/C26H29F2N5/c1-18(19-6-8-20(9-7-19)24-12-13-30-32(24)5)26(25(2,3)4,15-33-17-29-16-31-33)22-11-10-21(27)14-23(22)28/h6-14,16-18H,15H2,1-5H3. The van der Waals surface area contributed by atoms with Crippen molar-refractivity contribution in [2.45, 2.75) is 45.6 Å². The summed E-state index contributed by atoms with van der Waals surface area (Å²) in [5, 5.41) is 8.57. The normalized spacial score (nSPS) is 14.8. The predicted molar refractivity (Wildman–Crippen MR) is 125 cm³/mol. The van der Waals surface area contributed by atoms with E-state index < -0.39 is 22.5 Å². The predicted octanol–water partition coefficient (Wildman–Crippen LogP) is 5.74. The molecule has 2 atom stereocenters. The maximum atomic E-state index is 15.4. The molecule has 7 heteroatoms. The van der Waals surface area contributed by atoms with Crippen LogP contribution >= 0.6 is 0 Å². The molecule has 0 saturated heterocycles. The molecular weight excluding hydrogens is 420 g/mol. The van der Waals surface area contributed by atoms with Crippen molar-refractivity contribution in [3.05, 3.63) is 90.1 Å². The monoisotopic (exact) mass is 449 g/mol. The third-order valence-electron chi connectivity index (χ3n) is 6.89. The first-order chi connectivity index (χ1) is 15.6. The van der Waals surface area contributed by atoms with Crippen LogP contribution in [-0.2, 0) is 19.0 Å². The molecule has 2 aromatic heterocycles. The Morgan fingerprint density at radius 1 is 0.970 bits per heavy atom. The van der Waals surface area contributed by atoms with Gasteiger partial charge in [0.25, 0.3) is 0 Å². The van der Waals surface area contributed by atoms with E-state index in [1.165, 1.54) is 12.4 Å². The molecule has 0 radical (unpaired) electrons. The average molecular weight is 450 g/mol. The van der Waals surface area contributed by atoms with Crippen LogP contribution in [0, 0.1) is 17.0 Å².